The largest absolute Gasteiger partial charge is 0.396 e. The highest BCUT2D eigenvalue weighted by Crippen LogP contribution is 2.05. The van der Waals surface area contributed by atoms with Crippen molar-refractivity contribution < 1.29 is 14.7 Å². The number of ketones is 2. The Hall–Kier alpha value is -0.960. The fourth-order valence-corrected chi connectivity index (χ4v) is 0.745. The lowest BCUT2D eigenvalue weighted by molar-refractivity contribution is -0.117. The Morgan fingerprint density at radius 3 is 2.25 bits per heavy atom. The molecule has 0 radical (unpaired) electrons. The van der Waals surface area contributed by atoms with E-state index in [1.165, 1.54) is 6.92 Å². The minimum Gasteiger partial charge on any atom is -0.396 e. The molecule has 0 aliphatic heterocycles. The first-order valence-electron chi connectivity index (χ1n) is 3.89. The summed E-state index contributed by atoms with van der Waals surface area (Å²) in [6, 6.07) is 0. The van der Waals surface area contributed by atoms with Crippen LogP contribution in [0.4, 0.5) is 0 Å². The topological polar surface area (TPSA) is 54.4 Å². The molecule has 1 N–H and O–H groups in total. The van der Waals surface area contributed by atoms with Gasteiger partial charge in [-0.2, -0.15) is 0 Å². The first kappa shape index (κ1) is 11.0. The molecular weight excluding hydrogens is 156 g/mol. The van der Waals surface area contributed by atoms with Gasteiger partial charge in [0.05, 0.1) is 6.61 Å². The first-order chi connectivity index (χ1) is 5.57. The Kier molecular flexibility index (Phi) is 5.21. The molecule has 0 heterocycles. The molecule has 0 rings (SSSR count). The molecule has 0 amide bonds. The van der Waals surface area contributed by atoms with E-state index in [9.17, 15) is 9.59 Å². The van der Waals surface area contributed by atoms with E-state index in [-0.39, 0.29) is 24.6 Å². The minimum absolute atomic E-state index is 0.0490. The number of Topliss-reactive ketones (excluding diaryl/α,β-unsaturated/α-hetero) is 2. The van der Waals surface area contributed by atoms with Crippen LogP contribution in [-0.4, -0.2) is 23.3 Å². The van der Waals surface area contributed by atoms with Gasteiger partial charge >= 0.3 is 0 Å². The average molecular weight is 170 g/mol. The molecule has 0 unspecified atom stereocenters. The summed E-state index contributed by atoms with van der Waals surface area (Å²) >= 11 is 0. The fraction of sp³-hybridized carbons (Fsp3) is 0.556. The van der Waals surface area contributed by atoms with E-state index in [1.54, 1.807) is 0 Å². The van der Waals surface area contributed by atoms with Crippen LogP contribution >= 0.6 is 0 Å². The third kappa shape index (κ3) is 4.79. The van der Waals surface area contributed by atoms with Crippen LogP contribution in [0.25, 0.3) is 0 Å². The van der Waals surface area contributed by atoms with Gasteiger partial charge in [0.15, 0.2) is 5.78 Å². The summed E-state index contributed by atoms with van der Waals surface area (Å²) in [5.74, 6) is -0.105. The number of allylic oxidation sites excluding steroid dienone is 1. The molecule has 0 saturated carbocycles. The SMILES string of the molecule is C=C(CCC(C)=O)C(=O)CCO. The number of rotatable bonds is 6. The molecule has 0 bridgehead atoms. The molecule has 3 nitrogen and oxygen atoms in total. The Balaban J connectivity index is 3.72. The van der Waals surface area contributed by atoms with Gasteiger partial charge in [0.1, 0.15) is 5.78 Å². The average Bonchev–Trinajstić information content (AvgIpc) is 2.00. The van der Waals surface area contributed by atoms with Crippen molar-refractivity contribution in [3.05, 3.63) is 12.2 Å². The maximum absolute atomic E-state index is 11.0. The second-order valence-corrected chi connectivity index (χ2v) is 2.70. The Bertz CT molecular complexity index is 194. The zero-order valence-corrected chi connectivity index (χ0v) is 7.30. The van der Waals surface area contributed by atoms with Crippen LogP contribution in [0.2, 0.25) is 0 Å². The number of carbonyl (C=O) groups is 2. The predicted molar refractivity (Wildman–Crippen MR) is 45.8 cm³/mol. The van der Waals surface area contributed by atoms with E-state index >= 15 is 0 Å². The van der Waals surface area contributed by atoms with Gasteiger partial charge in [-0.1, -0.05) is 6.58 Å². The fourth-order valence-electron chi connectivity index (χ4n) is 0.745. The molecule has 0 aromatic carbocycles. The van der Waals surface area contributed by atoms with Gasteiger partial charge in [-0.25, -0.2) is 0 Å². The molecule has 0 aliphatic rings. The molecule has 3 heteroatoms. The molecule has 0 aromatic rings. The van der Waals surface area contributed by atoms with Gasteiger partial charge < -0.3 is 9.90 Å². The van der Waals surface area contributed by atoms with E-state index in [0.717, 1.165) is 0 Å². The van der Waals surface area contributed by atoms with Crippen molar-refractivity contribution in [2.24, 2.45) is 0 Å². The van der Waals surface area contributed by atoms with E-state index in [4.69, 9.17) is 5.11 Å². The van der Waals surface area contributed by atoms with Gasteiger partial charge in [0.2, 0.25) is 0 Å². The van der Waals surface area contributed by atoms with Crippen molar-refractivity contribution in [3.8, 4) is 0 Å². The van der Waals surface area contributed by atoms with E-state index in [2.05, 4.69) is 6.58 Å². The van der Waals surface area contributed by atoms with Gasteiger partial charge in [0, 0.05) is 12.8 Å². The molecule has 0 aliphatic carbocycles. The summed E-state index contributed by atoms with van der Waals surface area (Å²) in [5, 5.41) is 8.43. The second kappa shape index (κ2) is 5.66. The third-order valence-corrected chi connectivity index (χ3v) is 1.51. The van der Waals surface area contributed by atoms with Gasteiger partial charge in [-0.05, 0) is 18.9 Å². The monoisotopic (exact) mass is 170 g/mol. The Morgan fingerprint density at radius 2 is 1.83 bits per heavy atom. The Labute approximate surface area is 72.1 Å². The number of aliphatic hydroxyl groups excluding tert-OH is 1. The summed E-state index contributed by atoms with van der Waals surface area (Å²) in [6.45, 7) is 4.85. The van der Waals surface area contributed by atoms with Crippen LogP contribution in [0.1, 0.15) is 26.2 Å². The van der Waals surface area contributed by atoms with Gasteiger partial charge in [-0.15, -0.1) is 0 Å². The quantitative estimate of drug-likeness (QED) is 0.601. The lowest BCUT2D eigenvalue weighted by Gasteiger charge is -2.00. The van der Waals surface area contributed by atoms with Crippen molar-refractivity contribution in [1.29, 1.82) is 0 Å². The highest BCUT2D eigenvalue weighted by molar-refractivity contribution is 5.95. The lowest BCUT2D eigenvalue weighted by atomic mass is 10.0. The van der Waals surface area contributed by atoms with Crippen LogP contribution in [0, 0.1) is 0 Å². The maximum Gasteiger partial charge on any atom is 0.160 e. The van der Waals surface area contributed by atoms with E-state index in [1.807, 2.05) is 0 Å². The van der Waals surface area contributed by atoms with Crippen molar-refractivity contribution in [2.75, 3.05) is 6.61 Å². The molecule has 12 heavy (non-hydrogen) atoms. The van der Waals surface area contributed by atoms with E-state index in [0.29, 0.717) is 18.4 Å². The van der Waals surface area contributed by atoms with Crippen LogP contribution in [0.15, 0.2) is 12.2 Å². The minimum atomic E-state index is -0.155. The Morgan fingerprint density at radius 1 is 1.25 bits per heavy atom. The van der Waals surface area contributed by atoms with Gasteiger partial charge in [-0.3, -0.25) is 4.79 Å². The van der Waals surface area contributed by atoms with Crippen LogP contribution in [0.5, 0.6) is 0 Å². The smallest absolute Gasteiger partial charge is 0.160 e. The first-order valence-corrected chi connectivity index (χ1v) is 3.89. The normalized spacial score (nSPS) is 9.50. The summed E-state index contributed by atoms with van der Waals surface area (Å²) in [5.41, 5.74) is 0.430. The van der Waals surface area contributed by atoms with Crippen molar-refractivity contribution >= 4 is 11.6 Å². The second-order valence-electron chi connectivity index (χ2n) is 2.70. The summed E-state index contributed by atoms with van der Waals surface area (Å²) in [7, 11) is 0. The summed E-state index contributed by atoms with van der Waals surface area (Å²) in [6.07, 6.45) is 0.876. The molecular formula is C9H14O3. The third-order valence-electron chi connectivity index (χ3n) is 1.51. The van der Waals surface area contributed by atoms with Gasteiger partial charge in [0.25, 0.3) is 0 Å². The number of hydrogen-bond donors (Lipinski definition) is 1. The molecule has 0 atom stereocenters. The standard InChI is InChI=1S/C9H14O3/c1-7(3-4-8(2)11)9(12)5-6-10/h10H,1,3-6H2,2H3. The number of aliphatic hydroxyl groups is 1. The van der Waals surface area contributed by atoms with Crippen molar-refractivity contribution in [1.82, 2.24) is 0 Å². The highest BCUT2D eigenvalue weighted by Gasteiger charge is 2.06. The van der Waals surface area contributed by atoms with Crippen LogP contribution in [-0.2, 0) is 9.59 Å². The number of hydrogen-bond acceptors (Lipinski definition) is 3. The van der Waals surface area contributed by atoms with Crippen molar-refractivity contribution in [2.45, 2.75) is 26.2 Å². The molecule has 0 aromatic heterocycles. The van der Waals surface area contributed by atoms with Crippen LogP contribution in [0.3, 0.4) is 0 Å². The lowest BCUT2D eigenvalue weighted by Crippen LogP contribution is -2.05. The molecule has 68 valence electrons. The predicted octanol–water partition coefficient (Wildman–Crippen LogP) is 0.863. The molecule has 0 saturated heterocycles. The summed E-state index contributed by atoms with van der Waals surface area (Å²) < 4.78 is 0. The zero-order chi connectivity index (χ0) is 9.56. The zero-order valence-electron chi connectivity index (χ0n) is 7.30. The number of carbonyl (C=O) groups excluding carboxylic acids is 2. The molecule has 0 spiro atoms. The van der Waals surface area contributed by atoms with Crippen molar-refractivity contribution in [3.63, 3.8) is 0 Å². The molecule has 0 fully saturated rings. The van der Waals surface area contributed by atoms with E-state index < -0.39 is 0 Å². The maximum atomic E-state index is 11.0. The summed E-state index contributed by atoms with van der Waals surface area (Å²) in [4.78, 5) is 21.5. The highest BCUT2D eigenvalue weighted by atomic mass is 16.3. The van der Waals surface area contributed by atoms with Crippen LogP contribution < -0.4 is 0 Å².